The van der Waals surface area contributed by atoms with Crippen LogP contribution in [0.3, 0.4) is 0 Å². The molecule has 116 valence electrons. The van der Waals surface area contributed by atoms with Gasteiger partial charge in [0.1, 0.15) is 5.75 Å². The van der Waals surface area contributed by atoms with Crippen LogP contribution in [0.15, 0.2) is 57.4 Å². The van der Waals surface area contributed by atoms with E-state index in [9.17, 15) is 5.11 Å². The molecule has 0 bridgehead atoms. The summed E-state index contributed by atoms with van der Waals surface area (Å²) in [7, 11) is 0. The molecule has 23 heavy (non-hydrogen) atoms. The van der Waals surface area contributed by atoms with E-state index >= 15 is 0 Å². The van der Waals surface area contributed by atoms with Gasteiger partial charge in [-0.1, -0.05) is 45.8 Å². The Bertz CT molecular complexity index is 843. The molecule has 3 aromatic rings. The van der Waals surface area contributed by atoms with Crippen molar-refractivity contribution in [1.29, 1.82) is 0 Å². The fraction of sp³-hybridized carbons (Fsp3) is 0.0588. The van der Waals surface area contributed by atoms with Gasteiger partial charge in [-0.05, 0) is 25.1 Å². The molecule has 0 fully saturated rings. The van der Waals surface area contributed by atoms with E-state index in [4.69, 9.17) is 0 Å². The fourth-order valence-corrected chi connectivity index (χ4v) is 3.02. The van der Waals surface area contributed by atoms with Gasteiger partial charge in [0.25, 0.3) is 0 Å². The summed E-state index contributed by atoms with van der Waals surface area (Å²) in [5.74, 6) is 0.179. The molecule has 2 N–H and O–H groups in total. The molecule has 0 radical (unpaired) electrons. The van der Waals surface area contributed by atoms with Crippen molar-refractivity contribution in [2.45, 2.75) is 6.92 Å². The van der Waals surface area contributed by atoms with E-state index < -0.39 is 0 Å². The number of rotatable bonds is 4. The summed E-state index contributed by atoms with van der Waals surface area (Å²) in [6.07, 6.45) is 1.56. The van der Waals surface area contributed by atoms with Crippen LogP contribution in [0.2, 0.25) is 0 Å². The van der Waals surface area contributed by atoms with Gasteiger partial charge in [0.15, 0.2) is 0 Å². The fourth-order valence-electron chi connectivity index (χ4n) is 1.97. The van der Waals surface area contributed by atoms with Gasteiger partial charge in [-0.15, -0.1) is 11.3 Å². The Kier molecular flexibility index (Phi) is 4.73. The number of nitrogens with zero attached hydrogens (tertiary/aromatic N) is 2. The van der Waals surface area contributed by atoms with Gasteiger partial charge in [0, 0.05) is 21.0 Å². The van der Waals surface area contributed by atoms with Crippen LogP contribution in [0, 0.1) is 6.92 Å². The number of phenols is 1. The number of thiazole rings is 1. The summed E-state index contributed by atoms with van der Waals surface area (Å²) in [5.41, 5.74) is 6.73. The first kappa shape index (κ1) is 15.7. The van der Waals surface area contributed by atoms with E-state index in [2.05, 4.69) is 62.6 Å². The van der Waals surface area contributed by atoms with E-state index in [0.717, 1.165) is 15.7 Å². The number of hydrazone groups is 1. The summed E-state index contributed by atoms with van der Waals surface area (Å²) >= 11 is 4.85. The number of hydrogen-bond donors (Lipinski definition) is 2. The maximum atomic E-state index is 9.75. The van der Waals surface area contributed by atoms with Crippen molar-refractivity contribution in [3.63, 3.8) is 0 Å². The molecule has 3 rings (SSSR count). The highest BCUT2D eigenvalue weighted by atomic mass is 79.9. The van der Waals surface area contributed by atoms with Gasteiger partial charge in [0.05, 0.1) is 11.9 Å². The zero-order chi connectivity index (χ0) is 16.2. The number of aromatic hydroxyl groups is 1. The van der Waals surface area contributed by atoms with Gasteiger partial charge in [0.2, 0.25) is 5.13 Å². The van der Waals surface area contributed by atoms with Crippen LogP contribution in [-0.2, 0) is 0 Å². The van der Waals surface area contributed by atoms with E-state index in [1.54, 1.807) is 24.4 Å². The second-order valence-corrected chi connectivity index (χ2v) is 6.75. The molecule has 0 saturated heterocycles. The summed E-state index contributed by atoms with van der Waals surface area (Å²) in [6, 6.07) is 13.4. The first-order valence-electron chi connectivity index (χ1n) is 6.92. The zero-order valence-electron chi connectivity index (χ0n) is 12.3. The minimum Gasteiger partial charge on any atom is -0.507 e. The predicted molar refractivity (Wildman–Crippen MR) is 99.3 cm³/mol. The second kappa shape index (κ2) is 6.93. The third-order valence-corrected chi connectivity index (χ3v) is 4.45. The lowest BCUT2D eigenvalue weighted by molar-refractivity contribution is 0.474. The Balaban J connectivity index is 1.71. The summed E-state index contributed by atoms with van der Waals surface area (Å²) in [4.78, 5) is 4.50. The number of halogens is 1. The highest BCUT2D eigenvalue weighted by Crippen LogP contribution is 2.25. The molecule has 1 heterocycles. The summed E-state index contributed by atoms with van der Waals surface area (Å²) in [5, 5.41) is 16.6. The van der Waals surface area contributed by atoms with Crippen molar-refractivity contribution in [3.05, 3.63) is 63.4 Å². The van der Waals surface area contributed by atoms with Crippen molar-refractivity contribution in [3.8, 4) is 17.0 Å². The van der Waals surface area contributed by atoms with E-state index in [-0.39, 0.29) is 5.75 Å². The third kappa shape index (κ3) is 3.97. The number of benzene rings is 2. The number of anilines is 1. The van der Waals surface area contributed by atoms with Crippen molar-refractivity contribution in [1.82, 2.24) is 4.98 Å². The number of hydrogen-bond acceptors (Lipinski definition) is 5. The third-order valence-electron chi connectivity index (χ3n) is 3.20. The second-order valence-electron chi connectivity index (χ2n) is 4.98. The molecule has 0 unspecified atom stereocenters. The molecule has 0 aliphatic heterocycles. The first-order valence-corrected chi connectivity index (χ1v) is 8.59. The van der Waals surface area contributed by atoms with Crippen LogP contribution in [0.4, 0.5) is 5.13 Å². The predicted octanol–water partition coefficient (Wildman–Crippen LogP) is 5.03. The molecule has 0 aliphatic carbocycles. The highest BCUT2D eigenvalue weighted by molar-refractivity contribution is 9.10. The van der Waals surface area contributed by atoms with Crippen molar-refractivity contribution in [2.75, 3.05) is 5.43 Å². The van der Waals surface area contributed by atoms with Crippen LogP contribution in [-0.4, -0.2) is 16.3 Å². The standard InChI is InChI=1S/C17H14BrN3OS/c1-11-2-4-12(5-3-11)15-10-23-17(20-15)21-19-9-13-8-14(18)6-7-16(13)22/h2-10,22H,1H3,(H,20,21)/b19-9-. The van der Waals surface area contributed by atoms with Gasteiger partial charge in [-0.2, -0.15) is 5.10 Å². The Morgan fingerprint density at radius 2 is 2.00 bits per heavy atom. The molecule has 6 heteroatoms. The molecular weight excluding hydrogens is 374 g/mol. The highest BCUT2D eigenvalue weighted by Gasteiger charge is 2.04. The molecule has 4 nitrogen and oxygen atoms in total. The molecule has 0 spiro atoms. The van der Waals surface area contributed by atoms with Crippen LogP contribution in [0.1, 0.15) is 11.1 Å². The topological polar surface area (TPSA) is 57.5 Å². The van der Waals surface area contributed by atoms with Gasteiger partial charge in [-0.3, -0.25) is 5.43 Å². The molecule has 0 atom stereocenters. The van der Waals surface area contributed by atoms with Crippen molar-refractivity contribution >= 4 is 38.6 Å². The van der Waals surface area contributed by atoms with Gasteiger partial charge < -0.3 is 5.11 Å². The lowest BCUT2D eigenvalue weighted by Crippen LogP contribution is -1.91. The van der Waals surface area contributed by atoms with Crippen molar-refractivity contribution < 1.29 is 5.11 Å². The Morgan fingerprint density at radius 1 is 1.22 bits per heavy atom. The molecule has 1 aromatic heterocycles. The zero-order valence-corrected chi connectivity index (χ0v) is 14.7. The van der Waals surface area contributed by atoms with Crippen LogP contribution in [0.5, 0.6) is 5.75 Å². The minimum absolute atomic E-state index is 0.179. The van der Waals surface area contributed by atoms with Gasteiger partial charge >= 0.3 is 0 Å². The average molecular weight is 388 g/mol. The largest absolute Gasteiger partial charge is 0.507 e. The number of aryl methyl sites for hydroxylation is 1. The van der Waals surface area contributed by atoms with E-state index in [1.807, 2.05) is 5.38 Å². The number of aromatic nitrogens is 1. The average Bonchev–Trinajstić information content (AvgIpc) is 3.00. The number of nitrogens with one attached hydrogen (secondary N) is 1. The molecule has 0 amide bonds. The van der Waals surface area contributed by atoms with Crippen LogP contribution in [0.25, 0.3) is 11.3 Å². The summed E-state index contributed by atoms with van der Waals surface area (Å²) < 4.78 is 0.882. The smallest absolute Gasteiger partial charge is 0.203 e. The maximum Gasteiger partial charge on any atom is 0.203 e. The Hall–Kier alpha value is -2.18. The SMILES string of the molecule is Cc1ccc(-c2csc(N/N=C\c3cc(Br)ccc3O)n2)cc1. The van der Waals surface area contributed by atoms with Crippen molar-refractivity contribution in [2.24, 2.45) is 5.10 Å². The normalized spacial score (nSPS) is 11.0. The quantitative estimate of drug-likeness (QED) is 0.487. The molecule has 2 aromatic carbocycles. The van der Waals surface area contributed by atoms with Crippen LogP contribution >= 0.6 is 27.3 Å². The van der Waals surface area contributed by atoms with E-state index in [1.165, 1.54) is 16.9 Å². The van der Waals surface area contributed by atoms with E-state index in [0.29, 0.717) is 10.7 Å². The Labute approximate surface area is 146 Å². The lowest BCUT2D eigenvalue weighted by Gasteiger charge is -1.99. The lowest BCUT2D eigenvalue weighted by atomic mass is 10.1. The first-order chi connectivity index (χ1) is 11.1. The van der Waals surface area contributed by atoms with Crippen LogP contribution < -0.4 is 5.43 Å². The minimum atomic E-state index is 0.179. The maximum absolute atomic E-state index is 9.75. The Morgan fingerprint density at radius 3 is 2.78 bits per heavy atom. The number of phenolic OH excluding ortho intramolecular Hbond substituents is 1. The summed E-state index contributed by atoms with van der Waals surface area (Å²) in [6.45, 7) is 2.06. The monoisotopic (exact) mass is 387 g/mol. The molecule has 0 saturated carbocycles. The van der Waals surface area contributed by atoms with Gasteiger partial charge in [-0.25, -0.2) is 4.98 Å². The molecule has 0 aliphatic rings. The molecular formula is C17H14BrN3OS.